The molecular weight excluding hydrogens is 390 g/mol. The summed E-state index contributed by atoms with van der Waals surface area (Å²) in [5.41, 5.74) is 2.83. The molecule has 3 fully saturated rings. The standard InChI is InChI=1S/C25H38N3O3/c1-31-25-17-21(9-12-23(25)26-30)24(29)4-2-3-19-7-10-22(11-8-19)28-15-13-27(14-16-28)18-20-5-6-20/h9,12,17,19-20,22,26H,2-8,10-11,13-16,18H2,1H3/q-1. The molecule has 1 saturated heterocycles. The first-order valence-electron chi connectivity index (χ1n) is 12.2. The lowest BCUT2D eigenvalue weighted by atomic mass is 9.82. The number of piperazine rings is 1. The van der Waals surface area contributed by atoms with Crippen molar-refractivity contribution in [3.63, 3.8) is 0 Å². The summed E-state index contributed by atoms with van der Waals surface area (Å²) >= 11 is 0. The number of nitrogens with one attached hydrogen (secondary N) is 1. The van der Waals surface area contributed by atoms with E-state index in [0.717, 1.165) is 30.7 Å². The van der Waals surface area contributed by atoms with E-state index in [1.807, 2.05) is 5.48 Å². The van der Waals surface area contributed by atoms with E-state index < -0.39 is 0 Å². The molecule has 1 heterocycles. The molecule has 0 unspecified atom stereocenters. The summed E-state index contributed by atoms with van der Waals surface area (Å²) in [6.45, 7) is 6.36. The van der Waals surface area contributed by atoms with Crippen LogP contribution in [0.2, 0.25) is 0 Å². The van der Waals surface area contributed by atoms with Crippen LogP contribution in [-0.2, 0) is 0 Å². The minimum Gasteiger partial charge on any atom is -0.761 e. The third-order valence-electron chi connectivity index (χ3n) is 7.60. The van der Waals surface area contributed by atoms with Crippen LogP contribution in [0, 0.1) is 17.0 Å². The smallest absolute Gasteiger partial charge is 0.163 e. The summed E-state index contributed by atoms with van der Waals surface area (Å²) in [4.78, 5) is 18.0. The van der Waals surface area contributed by atoms with Crippen molar-refractivity contribution in [2.75, 3.05) is 45.3 Å². The monoisotopic (exact) mass is 428 g/mol. The van der Waals surface area contributed by atoms with Gasteiger partial charge in [0.15, 0.2) is 5.78 Å². The number of benzene rings is 1. The van der Waals surface area contributed by atoms with Crippen LogP contribution >= 0.6 is 0 Å². The van der Waals surface area contributed by atoms with E-state index in [2.05, 4.69) is 9.80 Å². The van der Waals surface area contributed by atoms with Gasteiger partial charge in [-0.2, -0.15) is 0 Å². The summed E-state index contributed by atoms with van der Waals surface area (Å²) in [5, 5.41) is 10.9. The van der Waals surface area contributed by atoms with Crippen LogP contribution in [-0.4, -0.2) is 61.5 Å². The largest absolute Gasteiger partial charge is 0.761 e. The van der Waals surface area contributed by atoms with Crippen molar-refractivity contribution in [3.05, 3.63) is 29.0 Å². The Bertz CT molecular complexity index is 721. The number of Topliss-reactive ketones (excluding diaryl/α,β-unsaturated/α-hetero) is 1. The quantitative estimate of drug-likeness (QED) is 0.436. The van der Waals surface area contributed by atoms with Gasteiger partial charge in [0.05, 0.1) is 12.8 Å². The molecule has 0 bridgehead atoms. The van der Waals surface area contributed by atoms with Crippen LogP contribution in [0.15, 0.2) is 18.2 Å². The number of anilines is 1. The Labute approximate surface area is 186 Å². The molecule has 0 aromatic heterocycles. The Morgan fingerprint density at radius 3 is 2.42 bits per heavy atom. The van der Waals surface area contributed by atoms with Gasteiger partial charge in [0.1, 0.15) is 5.75 Å². The highest BCUT2D eigenvalue weighted by Gasteiger charge is 2.30. The molecule has 6 nitrogen and oxygen atoms in total. The first-order valence-corrected chi connectivity index (χ1v) is 12.2. The van der Waals surface area contributed by atoms with Crippen molar-refractivity contribution in [1.29, 1.82) is 0 Å². The minimum atomic E-state index is 0.133. The molecule has 0 spiro atoms. The first kappa shape index (κ1) is 22.6. The number of hydrogen-bond acceptors (Lipinski definition) is 6. The molecule has 1 aromatic rings. The van der Waals surface area contributed by atoms with Crippen LogP contribution in [0.5, 0.6) is 5.75 Å². The average molecular weight is 429 g/mol. The molecule has 6 heteroatoms. The van der Waals surface area contributed by atoms with Crippen LogP contribution in [0.1, 0.15) is 68.1 Å². The van der Waals surface area contributed by atoms with Crippen molar-refractivity contribution < 1.29 is 9.53 Å². The van der Waals surface area contributed by atoms with Crippen LogP contribution in [0.3, 0.4) is 0 Å². The molecule has 3 aliphatic rings. The van der Waals surface area contributed by atoms with Gasteiger partial charge in [-0.25, -0.2) is 0 Å². The molecule has 31 heavy (non-hydrogen) atoms. The molecule has 0 radical (unpaired) electrons. The van der Waals surface area contributed by atoms with Crippen molar-refractivity contribution in [2.45, 2.75) is 63.8 Å². The number of nitrogens with zero attached hydrogens (tertiary/aromatic N) is 2. The van der Waals surface area contributed by atoms with E-state index in [4.69, 9.17) is 4.74 Å². The lowest BCUT2D eigenvalue weighted by Gasteiger charge is -2.42. The number of methoxy groups -OCH3 is 1. The fourth-order valence-corrected chi connectivity index (χ4v) is 5.42. The maximum absolute atomic E-state index is 12.5. The Balaban J connectivity index is 1.13. The fraction of sp³-hybridized carbons (Fsp3) is 0.720. The summed E-state index contributed by atoms with van der Waals surface area (Å²) < 4.78 is 5.19. The zero-order chi connectivity index (χ0) is 21.6. The normalized spacial score (nSPS) is 25.4. The number of carbonyl (C=O) groups is 1. The zero-order valence-corrected chi connectivity index (χ0v) is 19.0. The SMILES string of the molecule is COc1cc(C(=O)CCCC2CCC(N3CCN(CC4CC4)CC3)CC2)ccc1N[O-]. The van der Waals surface area contributed by atoms with Gasteiger partial charge in [-0.3, -0.25) is 9.69 Å². The van der Waals surface area contributed by atoms with Gasteiger partial charge < -0.3 is 20.3 Å². The molecule has 1 N–H and O–H groups in total. The van der Waals surface area contributed by atoms with Gasteiger partial charge in [0.25, 0.3) is 0 Å². The van der Waals surface area contributed by atoms with E-state index in [0.29, 0.717) is 23.4 Å². The zero-order valence-electron chi connectivity index (χ0n) is 19.0. The summed E-state index contributed by atoms with van der Waals surface area (Å²) in [6, 6.07) is 5.77. The molecule has 1 aliphatic heterocycles. The van der Waals surface area contributed by atoms with Gasteiger partial charge in [-0.1, -0.05) is 6.42 Å². The molecule has 0 amide bonds. The molecule has 1 aromatic carbocycles. The van der Waals surface area contributed by atoms with E-state index >= 15 is 0 Å². The Hall–Kier alpha value is -1.63. The molecule has 4 rings (SSSR count). The summed E-state index contributed by atoms with van der Waals surface area (Å²) in [5.74, 6) is 2.33. The molecule has 172 valence electrons. The highest BCUT2D eigenvalue weighted by atomic mass is 16.5. The lowest BCUT2D eigenvalue weighted by molar-refractivity contribution is 0.0674. The topological polar surface area (TPSA) is 67.9 Å². The second kappa shape index (κ2) is 10.8. The second-order valence-corrected chi connectivity index (χ2v) is 9.79. The maximum atomic E-state index is 12.5. The second-order valence-electron chi connectivity index (χ2n) is 9.79. The van der Waals surface area contributed by atoms with Crippen LogP contribution in [0.4, 0.5) is 5.69 Å². The average Bonchev–Trinajstić information content (AvgIpc) is 3.63. The van der Waals surface area contributed by atoms with Gasteiger partial charge in [0, 0.05) is 50.7 Å². The van der Waals surface area contributed by atoms with E-state index in [9.17, 15) is 10.0 Å². The van der Waals surface area contributed by atoms with Crippen LogP contribution in [0.25, 0.3) is 0 Å². The Kier molecular flexibility index (Phi) is 7.86. The molecule has 2 aliphatic carbocycles. The van der Waals surface area contributed by atoms with Crippen molar-refractivity contribution in [1.82, 2.24) is 9.80 Å². The molecule has 2 saturated carbocycles. The number of ketones is 1. The van der Waals surface area contributed by atoms with E-state index in [-0.39, 0.29) is 5.78 Å². The maximum Gasteiger partial charge on any atom is 0.163 e. The fourth-order valence-electron chi connectivity index (χ4n) is 5.42. The first-order chi connectivity index (χ1) is 15.2. The minimum absolute atomic E-state index is 0.133. The van der Waals surface area contributed by atoms with Gasteiger partial charge >= 0.3 is 0 Å². The van der Waals surface area contributed by atoms with Crippen LogP contribution < -0.4 is 10.2 Å². The highest BCUT2D eigenvalue weighted by molar-refractivity contribution is 5.97. The Morgan fingerprint density at radius 1 is 1.06 bits per heavy atom. The van der Waals surface area contributed by atoms with Gasteiger partial charge in [-0.15, -0.1) is 0 Å². The van der Waals surface area contributed by atoms with Crippen molar-refractivity contribution in [2.24, 2.45) is 11.8 Å². The predicted octanol–water partition coefficient (Wildman–Crippen LogP) is 4.54. The highest BCUT2D eigenvalue weighted by Crippen LogP contribution is 2.33. The number of carbonyl (C=O) groups excluding carboxylic acids is 1. The molecule has 0 atom stereocenters. The van der Waals surface area contributed by atoms with E-state index in [1.54, 1.807) is 18.2 Å². The van der Waals surface area contributed by atoms with Crippen molar-refractivity contribution in [3.8, 4) is 5.75 Å². The summed E-state index contributed by atoms with van der Waals surface area (Å²) in [6.07, 6.45) is 10.8. The molecular formula is C25H38N3O3-. The predicted molar refractivity (Wildman–Crippen MR) is 125 cm³/mol. The summed E-state index contributed by atoms with van der Waals surface area (Å²) in [7, 11) is 1.51. The third-order valence-corrected chi connectivity index (χ3v) is 7.60. The van der Waals surface area contributed by atoms with Gasteiger partial charge in [-0.05, 0) is 75.0 Å². The van der Waals surface area contributed by atoms with Gasteiger partial charge in [0.2, 0.25) is 0 Å². The van der Waals surface area contributed by atoms with Crippen molar-refractivity contribution >= 4 is 11.5 Å². The number of hydrogen-bond donors (Lipinski definition) is 1. The third kappa shape index (κ3) is 6.21. The van der Waals surface area contributed by atoms with E-state index in [1.165, 1.54) is 78.4 Å². The Morgan fingerprint density at radius 2 is 1.77 bits per heavy atom. The lowest BCUT2D eigenvalue weighted by Crippen LogP contribution is -2.51. The number of ether oxygens (including phenoxy) is 1. The number of rotatable bonds is 10.